The molecular formula is C22H25N3O3S. The average Bonchev–Trinajstić information content (AvgIpc) is 3.09. The molecule has 6 nitrogen and oxygen atoms in total. The lowest BCUT2D eigenvalue weighted by molar-refractivity contribution is 0.0642. The van der Waals surface area contributed by atoms with Gasteiger partial charge in [0.2, 0.25) is 0 Å². The van der Waals surface area contributed by atoms with Gasteiger partial charge < -0.3 is 14.8 Å². The maximum absolute atomic E-state index is 13.0. The zero-order valence-corrected chi connectivity index (χ0v) is 18.0. The summed E-state index contributed by atoms with van der Waals surface area (Å²) in [5.74, 6) is -0.541. The third-order valence-electron chi connectivity index (χ3n) is 4.67. The molecule has 7 heteroatoms. The van der Waals surface area contributed by atoms with Gasteiger partial charge in [0.1, 0.15) is 5.69 Å². The van der Waals surface area contributed by atoms with Crippen LogP contribution in [0.25, 0.3) is 10.1 Å². The predicted octanol–water partition coefficient (Wildman–Crippen LogP) is 4.11. The van der Waals surface area contributed by atoms with Crippen molar-refractivity contribution < 1.29 is 9.59 Å². The highest BCUT2D eigenvalue weighted by Gasteiger charge is 2.23. The third kappa shape index (κ3) is 4.24. The summed E-state index contributed by atoms with van der Waals surface area (Å²) in [6.45, 7) is 7.79. The number of fused-ring (bicyclic) bond motifs is 1. The zero-order valence-electron chi connectivity index (χ0n) is 17.2. The van der Waals surface area contributed by atoms with Crippen molar-refractivity contribution in [2.24, 2.45) is 7.05 Å². The summed E-state index contributed by atoms with van der Waals surface area (Å²) < 4.78 is 2.33. The molecule has 29 heavy (non-hydrogen) atoms. The van der Waals surface area contributed by atoms with E-state index >= 15 is 0 Å². The second-order valence-corrected chi connectivity index (χ2v) is 8.64. The van der Waals surface area contributed by atoms with Crippen molar-refractivity contribution >= 4 is 38.9 Å². The van der Waals surface area contributed by atoms with E-state index in [1.807, 2.05) is 52.0 Å². The SMILES string of the molecule is CC(C)N(C(=O)c1cc(NC(=O)c2cc3ccccc3s2)c(=O)n(C)c1)C(C)C. The standard InChI is InChI=1S/C22H25N3O3S/c1-13(2)25(14(3)4)21(27)16-10-17(22(28)24(5)12-16)23-20(26)19-11-15-8-6-7-9-18(15)29-19/h6-14H,1-5H3,(H,23,26). The van der Waals surface area contributed by atoms with E-state index in [1.165, 1.54) is 28.2 Å². The van der Waals surface area contributed by atoms with E-state index in [-0.39, 0.29) is 35.1 Å². The molecule has 0 saturated carbocycles. The fourth-order valence-corrected chi connectivity index (χ4v) is 4.37. The van der Waals surface area contributed by atoms with Gasteiger partial charge in [-0.2, -0.15) is 0 Å². The topological polar surface area (TPSA) is 71.4 Å². The van der Waals surface area contributed by atoms with Crippen molar-refractivity contribution in [2.75, 3.05) is 5.32 Å². The maximum atomic E-state index is 13.0. The molecule has 2 amide bonds. The molecular weight excluding hydrogens is 386 g/mol. The van der Waals surface area contributed by atoms with Crippen LogP contribution < -0.4 is 10.9 Å². The van der Waals surface area contributed by atoms with Crippen LogP contribution in [0.15, 0.2) is 47.4 Å². The van der Waals surface area contributed by atoms with Crippen LogP contribution in [0, 0.1) is 0 Å². The number of benzene rings is 1. The second kappa shape index (κ2) is 8.21. The monoisotopic (exact) mass is 411 g/mol. The van der Waals surface area contributed by atoms with Gasteiger partial charge in [0.25, 0.3) is 17.4 Å². The van der Waals surface area contributed by atoms with Crippen LogP contribution in [-0.2, 0) is 7.05 Å². The third-order valence-corrected chi connectivity index (χ3v) is 5.79. The number of aryl methyl sites for hydroxylation is 1. The molecule has 1 N–H and O–H groups in total. The summed E-state index contributed by atoms with van der Waals surface area (Å²) in [6.07, 6.45) is 1.51. The molecule has 0 saturated heterocycles. The van der Waals surface area contributed by atoms with Gasteiger partial charge in [0, 0.05) is 30.0 Å². The van der Waals surface area contributed by atoms with Gasteiger partial charge in [-0.1, -0.05) is 18.2 Å². The molecule has 0 bridgehead atoms. The van der Waals surface area contributed by atoms with E-state index in [0.717, 1.165) is 10.1 Å². The molecule has 0 aliphatic rings. The number of rotatable bonds is 5. The molecule has 152 valence electrons. The molecule has 0 aliphatic heterocycles. The van der Waals surface area contributed by atoms with Gasteiger partial charge in [-0.05, 0) is 51.3 Å². The summed E-state index contributed by atoms with van der Waals surface area (Å²) in [5.41, 5.74) is 0.0889. The molecule has 0 unspecified atom stereocenters. The highest BCUT2D eigenvalue weighted by Crippen LogP contribution is 2.26. The van der Waals surface area contributed by atoms with Gasteiger partial charge >= 0.3 is 0 Å². The summed E-state index contributed by atoms with van der Waals surface area (Å²) in [6, 6.07) is 11.0. The summed E-state index contributed by atoms with van der Waals surface area (Å²) in [4.78, 5) is 40.6. The number of nitrogens with zero attached hydrogens (tertiary/aromatic N) is 2. The van der Waals surface area contributed by atoms with E-state index < -0.39 is 0 Å². The van der Waals surface area contributed by atoms with Crippen molar-refractivity contribution in [1.82, 2.24) is 9.47 Å². The van der Waals surface area contributed by atoms with E-state index in [2.05, 4.69) is 5.32 Å². The summed E-state index contributed by atoms with van der Waals surface area (Å²) >= 11 is 1.36. The summed E-state index contributed by atoms with van der Waals surface area (Å²) in [7, 11) is 1.57. The first kappa shape index (κ1) is 20.8. The first-order valence-corrected chi connectivity index (χ1v) is 10.3. The molecule has 0 spiro atoms. The summed E-state index contributed by atoms with van der Waals surface area (Å²) in [5, 5.41) is 3.66. The largest absolute Gasteiger partial charge is 0.334 e. The Labute approximate surface area is 173 Å². The molecule has 0 aliphatic carbocycles. The average molecular weight is 412 g/mol. The zero-order chi connectivity index (χ0) is 21.3. The van der Waals surface area contributed by atoms with Crippen molar-refractivity contribution in [1.29, 1.82) is 0 Å². The van der Waals surface area contributed by atoms with Gasteiger partial charge in [-0.15, -0.1) is 11.3 Å². The van der Waals surface area contributed by atoms with E-state index in [1.54, 1.807) is 18.0 Å². The molecule has 2 aromatic heterocycles. The van der Waals surface area contributed by atoms with Crippen molar-refractivity contribution in [2.45, 2.75) is 39.8 Å². The van der Waals surface area contributed by atoms with Crippen molar-refractivity contribution in [3.8, 4) is 0 Å². The molecule has 3 rings (SSSR count). The van der Waals surface area contributed by atoms with Crippen LogP contribution in [-0.4, -0.2) is 33.4 Å². The fourth-order valence-electron chi connectivity index (χ4n) is 3.41. The quantitative estimate of drug-likeness (QED) is 0.687. The number of hydrogen-bond donors (Lipinski definition) is 1. The molecule has 1 aromatic carbocycles. The number of amides is 2. The van der Waals surface area contributed by atoms with Crippen molar-refractivity contribution in [3.63, 3.8) is 0 Å². The van der Waals surface area contributed by atoms with Crippen LogP contribution in [0.3, 0.4) is 0 Å². The normalized spacial score (nSPS) is 11.3. The lowest BCUT2D eigenvalue weighted by atomic mass is 10.1. The second-order valence-electron chi connectivity index (χ2n) is 7.56. The maximum Gasteiger partial charge on any atom is 0.274 e. The fraction of sp³-hybridized carbons (Fsp3) is 0.318. The Morgan fingerprint density at radius 2 is 1.72 bits per heavy atom. The number of thiophene rings is 1. The van der Waals surface area contributed by atoms with Crippen LogP contribution >= 0.6 is 11.3 Å². The molecule has 2 heterocycles. The number of aromatic nitrogens is 1. The first-order chi connectivity index (χ1) is 13.7. The lowest BCUT2D eigenvalue weighted by Gasteiger charge is -2.31. The van der Waals surface area contributed by atoms with Crippen LogP contribution in [0.5, 0.6) is 0 Å². The van der Waals surface area contributed by atoms with Gasteiger partial charge in [-0.25, -0.2) is 0 Å². The number of nitrogens with one attached hydrogen (secondary N) is 1. The number of pyridine rings is 1. The lowest BCUT2D eigenvalue weighted by Crippen LogP contribution is -2.42. The molecule has 0 atom stereocenters. The minimum absolute atomic E-state index is 0.0105. The Morgan fingerprint density at radius 3 is 2.34 bits per heavy atom. The Morgan fingerprint density at radius 1 is 1.07 bits per heavy atom. The molecule has 0 radical (unpaired) electrons. The number of hydrogen-bond acceptors (Lipinski definition) is 4. The van der Waals surface area contributed by atoms with Crippen LogP contribution in [0.2, 0.25) is 0 Å². The Hall–Kier alpha value is -2.93. The smallest absolute Gasteiger partial charge is 0.274 e. The van der Waals surface area contributed by atoms with E-state index in [9.17, 15) is 14.4 Å². The molecule has 3 aromatic rings. The Balaban J connectivity index is 1.94. The van der Waals surface area contributed by atoms with E-state index in [0.29, 0.717) is 10.4 Å². The van der Waals surface area contributed by atoms with Gasteiger partial charge in [0.15, 0.2) is 0 Å². The van der Waals surface area contributed by atoms with Crippen molar-refractivity contribution in [3.05, 3.63) is 63.4 Å². The van der Waals surface area contributed by atoms with Gasteiger partial charge in [0.05, 0.1) is 10.4 Å². The Bertz CT molecular complexity index is 1090. The van der Waals surface area contributed by atoms with Gasteiger partial charge in [-0.3, -0.25) is 14.4 Å². The number of carbonyl (C=O) groups excluding carboxylic acids is 2. The van der Waals surface area contributed by atoms with E-state index in [4.69, 9.17) is 0 Å². The first-order valence-electron chi connectivity index (χ1n) is 9.52. The molecule has 0 fully saturated rings. The van der Waals surface area contributed by atoms with Crippen LogP contribution in [0.1, 0.15) is 47.7 Å². The minimum atomic E-state index is -0.364. The predicted molar refractivity (Wildman–Crippen MR) is 118 cm³/mol. The highest BCUT2D eigenvalue weighted by atomic mass is 32.1. The Kier molecular flexibility index (Phi) is 5.88. The number of carbonyl (C=O) groups is 2. The van der Waals surface area contributed by atoms with Crippen LogP contribution in [0.4, 0.5) is 5.69 Å². The highest BCUT2D eigenvalue weighted by molar-refractivity contribution is 7.20. The minimum Gasteiger partial charge on any atom is -0.334 e. The number of anilines is 1.